The maximum atomic E-state index is 9.87. The van der Waals surface area contributed by atoms with Gasteiger partial charge in [-0.1, -0.05) is 6.58 Å². The van der Waals surface area contributed by atoms with Gasteiger partial charge in [-0.05, 0) is 0 Å². The van der Waals surface area contributed by atoms with E-state index in [1.54, 1.807) is 0 Å². The Morgan fingerprint density at radius 3 is 1.50 bits per heavy atom. The topological polar surface area (TPSA) is 74.6 Å². The van der Waals surface area contributed by atoms with E-state index < -0.39 is 18.4 Å². The number of carboxylic acid groups (broad SMARTS) is 2. The molecule has 0 aromatic carbocycles. The molecule has 0 saturated carbocycles. The molecule has 0 fully saturated rings. The number of hydrogen-bond acceptors (Lipinski definition) is 2. The van der Waals surface area contributed by atoms with Crippen LogP contribution in [0.4, 0.5) is 0 Å². The summed E-state index contributed by atoms with van der Waals surface area (Å²) in [6.07, 6.45) is -0.505. The number of aliphatic carboxylic acids is 2. The van der Waals surface area contributed by atoms with Crippen LogP contribution in [-0.2, 0) is 9.59 Å². The van der Waals surface area contributed by atoms with Crippen molar-refractivity contribution in [2.75, 3.05) is 28.2 Å². The van der Waals surface area contributed by atoms with Gasteiger partial charge in [-0.15, -0.1) is 0 Å². The first-order valence-electron chi connectivity index (χ1n) is 3.95. The van der Waals surface area contributed by atoms with Crippen molar-refractivity contribution >= 4 is 11.9 Å². The van der Waals surface area contributed by atoms with E-state index in [2.05, 4.69) is 34.8 Å². The van der Waals surface area contributed by atoms with Crippen LogP contribution in [0, 0.1) is 0 Å². The van der Waals surface area contributed by atoms with Crippen molar-refractivity contribution in [2.24, 2.45) is 0 Å². The predicted molar refractivity (Wildman–Crippen MR) is 53.0 cm³/mol. The zero-order valence-electron chi connectivity index (χ0n) is 9.07. The molecule has 0 atom stereocenters. The molecule has 2 N–H and O–H groups in total. The smallest absolute Gasteiger partial charge is 0.331 e. The molecule has 0 bridgehead atoms. The van der Waals surface area contributed by atoms with Crippen LogP contribution in [-0.4, -0.2) is 54.8 Å². The lowest BCUT2D eigenvalue weighted by Gasteiger charge is -2.14. The van der Waals surface area contributed by atoms with Gasteiger partial charge in [-0.3, -0.25) is 4.79 Å². The van der Waals surface area contributed by atoms with Crippen molar-refractivity contribution in [3.63, 3.8) is 0 Å². The quantitative estimate of drug-likeness (QED) is 0.516. The average Bonchev–Trinajstić information content (AvgIpc) is 1.80. The van der Waals surface area contributed by atoms with Crippen LogP contribution in [0.25, 0.3) is 0 Å². The van der Waals surface area contributed by atoms with Crippen molar-refractivity contribution in [1.82, 2.24) is 0 Å². The standard InChI is InChI=1S/C5H6O4.C4H12N/c1-3(5(8)9)2-4(6)7;1-5(2,3)4/h1-2H2,(H,6,7)(H,8,9);1-4H3/q;+1. The summed E-state index contributed by atoms with van der Waals surface area (Å²) in [6.45, 7) is 3.01. The largest absolute Gasteiger partial charge is 0.481 e. The summed E-state index contributed by atoms with van der Waals surface area (Å²) >= 11 is 0. The second-order valence-electron chi connectivity index (χ2n) is 4.16. The molecule has 14 heavy (non-hydrogen) atoms. The first-order chi connectivity index (χ1) is 6.04. The fourth-order valence-electron chi connectivity index (χ4n) is 0.258. The lowest BCUT2D eigenvalue weighted by atomic mass is 10.2. The van der Waals surface area contributed by atoms with Gasteiger partial charge in [0.1, 0.15) is 0 Å². The maximum Gasteiger partial charge on any atom is 0.331 e. The number of rotatable bonds is 3. The fourth-order valence-corrected chi connectivity index (χ4v) is 0.258. The Hall–Kier alpha value is -1.36. The van der Waals surface area contributed by atoms with Gasteiger partial charge in [0.2, 0.25) is 0 Å². The van der Waals surface area contributed by atoms with E-state index >= 15 is 0 Å². The molecule has 0 aromatic rings. The molecule has 0 aromatic heterocycles. The van der Waals surface area contributed by atoms with Crippen molar-refractivity contribution < 1.29 is 24.3 Å². The van der Waals surface area contributed by atoms with Gasteiger partial charge in [0.15, 0.2) is 0 Å². The Kier molecular flexibility index (Phi) is 6.64. The molecule has 5 nitrogen and oxygen atoms in total. The molecule has 0 unspecified atom stereocenters. The van der Waals surface area contributed by atoms with Gasteiger partial charge in [0.25, 0.3) is 0 Å². The highest BCUT2D eigenvalue weighted by Crippen LogP contribution is 1.95. The molecule has 82 valence electrons. The number of carbonyl (C=O) groups is 2. The van der Waals surface area contributed by atoms with Gasteiger partial charge in [0, 0.05) is 5.57 Å². The van der Waals surface area contributed by atoms with E-state index in [4.69, 9.17) is 10.2 Å². The molecule has 0 aliphatic rings. The zero-order chi connectivity index (χ0) is 11.9. The van der Waals surface area contributed by atoms with Crippen LogP contribution in [0.15, 0.2) is 12.2 Å². The average molecular weight is 204 g/mol. The first kappa shape index (κ1) is 15.1. The van der Waals surface area contributed by atoms with E-state index in [-0.39, 0.29) is 5.57 Å². The SMILES string of the molecule is C=C(CC(=O)O)C(=O)O.C[N+](C)(C)C. The van der Waals surface area contributed by atoms with Gasteiger partial charge in [0.05, 0.1) is 34.6 Å². The second-order valence-corrected chi connectivity index (χ2v) is 4.16. The van der Waals surface area contributed by atoms with E-state index in [1.165, 1.54) is 0 Å². The van der Waals surface area contributed by atoms with E-state index in [0.717, 1.165) is 4.48 Å². The van der Waals surface area contributed by atoms with E-state index in [9.17, 15) is 9.59 Å². The van der Waals surface area contributed by atoms with Crippen LogP contribution in [0.3, 0.4) is 0 Å². The van der Waals surface area contributed by atoms with Crippen LogP contribution in [0.1, 0.15) is 6.42 Å². The highest BCUT2D eigenvalue weighted by Gasteiger charge is 2.07. The Bertz CT molecular complexity index is 221. The number of hydrogen-bond donors (Lipinski definition) is 2. The van der Waals surface area contributed by atoms with Gasteiger partial charge in [-0.2, -0.15) is 0 Å². The summed E-state index contributed by atoms with van der Waals surface area (Å²) in [6, 6.07) is 0. The molecule has 0 aliphatic heterocycles. The highest BCUT2D eigenvalue weighted by atomic mass is 16.4. The summed E-state index contributed by atoms with van der Waals surface area (Å²) in [4.78, 5) is 19.7. The second kappa shape index (κ2) is 6.15. The monoisotopic (exact) mass is 204 g/mol. The fraction of sp³-hybridized carbons (Fsp3) is 0.556. The lowest BCUT2D eigenvalue weighted by molar-refractivity contribution is -0.849. The molecule has 0 aliphatic carbocycles. The van der Waals surface area contributed by atoms with E-state index in [1.807, 2.05) is 0 Å². The van der Waals surface area contributed by atoms with Crippen LogP contribution >= 0.6 is 0 Å². The molecule has 0 spiro atoms. The minimum Gasteiger partial charge on any atom is -0.481 e. The zero-order valence-corrected chi connectivity index (χ0v) is 9.07. The summed E-state index contributed by atoms with van der Waals surface area (Å²) in [5, 5.41) is 16.1. The first-order valence-corrected chi connectivity index (χ1v) is 3.95. The molecule has 5 heteroatoms. The number of carboxylic acids is 2. The Morgan fingerprint density at radius 2 is 1.43 bits per heavy atom. The summed E-state index contributed by atoms with van der Waals surface area (Å²) in [5.41, 5.74) is -0.303. The molecular weight excluding hydrogens is 186 g/mol. The number of quaternary nitrogens is 1. The third-order valence-corrected chi connectivity index (χ3v) is 0.667. The molecular formula is C9H18NO4+. The van der Waals surface area contributed by atoms with Crippen molar-refractivity contribution in [3.8, 4) is 0 Å². The summed E-state index contributed by atoms with van der Waals surface area (Å²) in [5.74, 6) is -2.44. The van der Waals surface area contributed by atoms with Crippen LogP contribution in [0.2, 0.25) is 0 Å². The molecule has 0 saturated heterocycles. The summed E-state index contributed by atoms with van der Waals surface area (Å²) in [7, 11) is 8.50. The normalized spacial score (nSPS) is 9.71. The maximum absolute atomic E-state index is 9.87. The Morgan fingerprint density at radius 1 is 1.14 bits per heavy atom. The minimum atomic E-state index is -1.27. The van der Waals surface area contributed by atoms with E-state index in [0.29, 0.717) is 0 Å². The number of nitrogens with zero attached hydrogens (tertiary/aromatic N) is 1. The van der Waals surface area contributed by atoms with Gasteiger partial charge in [-0.25, -0.2) is 4.79 Å². The molecule has 0 rings (SSSR count). The Balaban J connectivity index is 0. The van der Waals surface area contributed by atoms with Crippen molar-refractivity contribution in [1.29, 1.82) is 0 Å². The third-order valence-electron chi connectivity index (χ3n) is 0.667. The van der Waals surface area contributed by atoms with Crippen molar-refractivity contribution in [2.45, 2.75) is 6.42 Å². The predicted octanol–water partition coefficient (Wildman–Crippen LogP) is 0.424. The molecule has 0 amide bonds. The van der Waals surface area contributed by atoms with Gasteiger partial charge >= 0.3 is 11.9 Å². The molecule has 0 radical (unpaired) electrons. The van der Waals surface area contributed by atoms with Crippen LogP contribution in [0.5, 0.6) is 0 Å². The highest BCUT2D eigenvalue weighted by molar-refractivity contribution is 5.91. The third kappa shape index (κ3) is 22.4. The molecule has 0 heterocycles. The van der Waals surface area contributed by atoms with Crippen LogP contribution < -0.4 is 0 Å². The summed E-state index contributed by atoms with van der Waals surface area (Å²) < 4.78 is 1.00. The minimum absolute atomic E-state index is 0.303. The van der Waals surface area contributed by atoms with Crippen molar-refractivity contribution in [3.05, 3.63) is 12.2 Å². The lowest BCUT2D eigenvalue weighted by Crippen LogP contribution is -2.27. The van der Waals surface area contributed by atoms with Gasteiger partial charge < -0.3 is 14.7 Å². The Labute approximate surface area is 83.9 Å².